The summed E-state index contributed by atoms with van der Waals surface area (Å²) in [5.74, 6) is 0.848. The van der Waals surface area contributed by atoms with E-state index in [1.165, 1.54) is 0 Å². The minimum Gasteiger partial charge on any atom is -0.326 e. The molecule has 1 aromatic rings. The van der Waals surface area contributed by atoms with Crippen molar-refractivity contribution in [1.29, 1.82) is 0 Å². The molecule has 2 nitrogen and oxygen atoms in total. The predicted molar refractivity (Wildman–Crippen MR) is 62.1 cm³/mol. The summed E-state index contributed by atoms with van der Waals surface area (Å²) in [7, 11) is 0. The van der Waals surface area contributed by atoms with Gasteiger partial charge in [-0.3, -0.25) is 4.79 Å². The van der Waals surface area contributed by atoms with Gasteiger partial charge in [-0.15, -0.1) is 0 Å². The number of rotatable bonds is 2. The Hall–Kier alpha value is -1.02. The van der Waals surface area contributed by atoms with Gasteiger partial charge in [0, 0.05) is 16.6 Å². The van der Waals surface area contributed by atoms with Crippen LogP contribution >= 0.6 is 11.6 Å². The van der Waals surface area contributed by atoms with Crippen molar-refractivity contribution in [1.82, 2.24) is 0 Å². The molecular formula is C12H14ClNO. The minimum atomic E-state index is 0.118. The van der Waals surface area contributed by atoms with E-state index in [0.717, 1.165) is 17.7 Å². The topological polar surface area (TPSA) is 29.1 Å². The molecule has 1 fully saturated rings. The molecule has 0 unspecified atom stereocenters. The van der Waals surface area contributed by atoms with Crippen LogP contribution in [0.3, 0.4) is 0 Å². The fourth-order valence-corrected chi connectivity index (χ4v) is 1.83. The number of anilines is 1. The highest BCUT2D eigenvalue weighted by Gasteiger charge is 2.39. The number of hydrogen-bond acceptors (Lipinski definition) is 1. The second kappa shape index (κ2) is 3.86. The third kappa shape index (κ3) is 2.15. The zero-order chi connectivity index (χ0) is 11.0. The molecule has 0 saturated heterocycles. The second-order valence-electron chi connectivity index (χ2n) is 4.22. The van der Waals surface area contributed by atoms with Crippen molar-refractivity contribution in [3.05, 3.63) is 28.8 Å². The van der Waals surface area contributed by atoms with Gasteiger partial charge in [0.1, 0.15) is 0 Å². The first-order chi connectivity index (χ1) is 7.09. The van der Waals surface area contributed by atoms with Crippen molar-refractivity contribution < 1.29 is 4.79 Å². The van der Waals surface area contributed by atoms with Gasteiger partial charge in [0.15, 0.2) is 0 Å². The van der Waals surface area contributed by atoms with Gasteiger partial charge in [-0.1, -0.05) is 24.6 Å². The third-order valence-corrected chi connectivity index (χ3v) is 3.38. The van der Waals surface area contributed by atoms with Crippen LogP contribution in [0.2, 0.25) is 5.02 Å². The summed E-state index contributed by atoms with van der Waals surface area (Å²) in [6.07, 6.45) is 1.01. The monoisotopic (exact) mass is 223 g/mol. The smallest absolute Gasteiger partial charge is 0.227 e. The summed E-state index contributed by atoms with van der Waals surface area (Å²) >= 11 is 5.97. The summed E-state index contributed by atoms with van der Waals surface area (Å²) in [6.45, 7) is 4.00. The highest BCUT2D eigenvalue weighted by Crippen LogP contribution is 2.38. The van der Waals surface area contributed by atoms with Gasteiger partial charge in [0.25, 0.3) is 0 Å². The van der Waals surface area contributed by atoms with Gasteiger partial charge in [-0.25, -0.2) is 0 Å². The van der Waals surface area contributed by atoms with E-state index in [9.17, 15) is 4.79 Å². The maximum absolute atomic E-state index is 11.7. The van der Waals surface area contributed by atoms with Gasteiger partial charge in [0.05, 0.1) is 0 Å². The van der Waals surface area contributed by atoms with Crippen LogP contribution in [0.4, 0.5) is 5.69 Å². The quantitative estimate of drug-likeness (QED) is 0.820. The third-order valence-electron chi connectivity index (χ3n) is 2.97. The maximum Gasteiger partial charge on any atom is 0.227 e. The average molecular weight is 224 g/mol. The fourth-order valence-electron chi connectivity index (χ4n) is 1.66. The Kier molecular flexibility index (Phi) is 2.70. The molecule has 1 aliphatic rings. The SMILES string of the molecule is Cc1c(Cl)cccc1NC(=O)[C@@H]1C[C@@H]1C. The summed E-state index contributed by atoms with van der Waals surface area (Å²) in [6, 6.07) is 5.56. The maximum atomic E-state index is 11.7. The highest BCUT2D eigenvalue weighted by atomic mass is 35.5. The fraction of sp³-hybridized carbons (Fsp3) is 0.417. The Morgan fingerprint density at radius 3 is 2.80 bits per heavy atom. The van der Waals surface area contributed by atoms with E-state index >= 15 is 0 Å². The molecule has 0 radical (unpaired) electrons. The van der Waals surface area contributed by atoms with Crippen LogP contribution in [0, 0.1) is 18.8 Å². The molecule has 2 atom stereocenters. The molecule has 2 rings (SSSR count). The highest BCUT2D eigenvalue weighted by molar-refractivity contribution is 6.31. The molecule has 1 amide bonds. The van der Waals surface area contributed by atoms with Crippen LogP contribution in [0.15, 0.2) is 18.2 Å². The average Bonchev–Trinajstić information content (AvgIpc) is 2.91. The summed E-state index contributed by atoms with van der Waals surface area (Å²) in [5, 5.41) is 3.61. The Bertz CT molecular complexity index is 403. The number of benzene rings is 1. The Morgan fingerprint density at radius 1 is 1.53 bits per heavy atom. The lowest BCUT2D eigenvalue weighted by molar-refractivity contribution is -0.117. The Morgan fingerprint density at radius 2 is 2.20 bits per heavy atom. The second-order valence-corrected chi connectivity index (χ2v) is 4.63. The Balaban J connectivity index is 2.10. The number of carbonyl (C=O) groups is 1. The van der Waals surface area contributed by atoms with Crippen LogP contribution in [0.1, 0.15) is 18.9 Å². The van der Waals surface area contributed by atoms with E-state index in [2.05, 4.69) is 12.2 Å². The van der Waals surface area contributed by atoms with Crippen LogP contribution in [-0.2, 0) is 4.79 Å². The molecule has 0 aliphatic heterocycles. The van der Waals surface area contributed by atoms with Gasteiger partial charge in [-0.05, 0) is 37.0 Å². The lowest BCUT2D eigenvalue weighted by Crippen LogP contribution is -2.15. The number of carbonyl (C=O) groups excluding carboxylic acids is 1. The molecule has 0 heterocycles. The predicted octanol–water partition coefficient (Wildman–Crippen LogP) is 3.24. The number of amides is 1. The zero-order valence-corrected chi connectivity index (χ0v) is 9.64. The van der Waals surface area contributed by atoms with Crippen LogP contribution < -0.4 is 5.32 Å². The first kappa shape index (κ1) is 10.5. The van der Waals surface area contributed by atoms with Crippen molar-refractivity contribution in [3.63, 3.8) is 0 Å². The molecule has 80 valence electrons. The standard InChI is InChI=1S/C12H14ClNO/c1-7-6-9(7)12(15)14-11-5-3-4-10(13)8(11)2/h3-5,7,9H,6H2,1-2H3,(H,14,15)/t7-,9+/m0/s1. The van der Waals surface area contributed by atoms with Gasteiger partial charge < -0.3 is 5.32 Å². The van der Waals surface area contributed by atoms with E-state index in [0.29, 0.717) is 10.9 Å². The van der Waals surface area contributed by atoms with E-state index in [1.54, 1.807) is 0 Å². The molecule has 0 aromatic heterocycles. The van der Waals surface area contributed by atoms with E-state index in [-0.39, 0.29) is 11.8 Å². The molecule has 15 heavy (non-hydrogen) atoms. The molecule has 0 bridgehead atoms. The van der Waals surface area contributed by atoms with Crippen molar-refractivity contribution in [2.75, 3.05) is 5.32 Å². The molecule has 3 heteroatoms. The summed E-state index contributed by atoms with van der Waals surface area (Å²) in [4.78, 5) is 11.7. The van der Waals surface area contributed by atoms with Crippen molar-refractivity contribution >= 4 is 23.2 Å². The summed E-state index contributed by atoms with van der Waals surface area (Å²) in [5.41, 5.74) is 1.76. The number of hydrogen-bond donors (Lipinski definition) is 1. The number of nitrogens with one attached hydrogen (secondary N) is 1. The first-order valence-corrected chi connectivity index (χ1v) is 5.53. The first-order valence-electron chi connectivity index (χ1n) is 5.15. The lowest BCUT2D eigenvalue weighted by Gasteiger charge is -2.08. The van der Waals surface area contributed by atoms with E-state index in [4.69, 9.17) is 11.6 Å². The van der Waals surface area contributed by atoms with Gasteiger partial charge in [0.2, 0.25) is 5.91 Å². The zero-order valence-electron chi connectivity index (χ0n) is 8.88. The summed E-state index contributed by atoms with van der Waals surface area (Å²) < 4.78 is 0. The van der Waals surface area contributed by atoms with E-state index in [1.807, 2.05) is 25.1 Å². The normalized spacial score (nSPS) is 23.7. The van der Waals surface area contributed by atoms with E-state index < -0.39 is 0 Å². The molecule has 1 aromatic carbocycles. The largest absolute Gasteiger partial charge is 0.326 e. The molecule has 1 saturated carbocycles. The molecule has 1 N–H and O–H groups in total. The molecule has 0 spiro atoms. The Labute approximate surface area is 94.6 Å². The van der Waals surface area contributed by atoms with Crippen LogP contribution in [0.5, 0.6) is 0 Å². The van der Waals surface area contributed by atoms with Crippen LogP contribution in [-0.4, -0.2) is 5.91 Å². The van der Waals surface area contributed by atoms with Crippen molar-refractivity contribution in [3.8, 4) is 0 Å². The molecule has 1 aliphatic carbocycles. The van der Waals surface area contributed by atoms with Crippen molar-refractivity contribution in [2.45, 2.75) is 20.3 Å². The lowest BCUT2D eigenvalue weighted by atomic mass is 10.2. The van der Waals surface area contributed by atoms with Crippen molar-refractivity contribution in [2.24, 2.45) is 11.8 Å². The van der Waals surface area contributed by atoms with Gasteiger partial charge >= 0.3 is 0 Å². The van der Waals surface area contributed by atoms with Gasteiger partial charge in [-0.2, -0.15) is 0 Å². The van der Waals surface area contributed by atoms with Crippen LogP contribution in [0.25, 0.3) is 0 Å². The minimum absolute atomic E-state index is 0.118. The number of halogens is 1. The molecular weight excluding hydrogens is 210 g/mol.